The van der Waals surface area contributed by atoms with Crippen LogP contribution >= 0.6 is 0 Å². The number of hydrogen-bond acceptors (Lipinski definition) is 3. The Hall–Kier alpha value is -1.38. The van der Waals surface area contributed by atoms with E-state index >= 15 is 0 Å². The fraction of sp³-hybridized carbons (Fsp3) is 0.571. The van der Waals surface area contributed by atoms with Gasteiger partial charge in [-0.15, -0.1) is 0 Å². The molecule has 92 valence electrons. The smallest absolute Gasteiger partial charge is 0.136 e. The summed E-state index contributed by atoms with van der Waals surface area (Å²) < 4.78 is 0. The molecule has 0 bridgehead atoms. The zero-order valence-electron chi connectivity index (χ0n) is 11.0. The molecule has 1 heterocycles. The van der Waals surface area contributed by atoms with Crippen LogP contribution in [0, 0.1) is 0 Å². The van der Waals surface area contributed by atoms with Crippen molar-refractivity contribution >= 4 is 11.9 Å². The molecule has 0 unspecified atom stereocenters. The average molecular weight is 231 g/mol. The molecule has 0 saturated carbocycles. The Morgan fingerprint density at radius 3 is 2.76 bits per heavy atom. The van der Waals surface area contributed by atoms with E-state index in [1.54, 1.807) is 0 Å². The van der Waals surface area contributed by atoms with Gasteiger partial charge in [0.2, 0.25) is 0 Å². The number of aromatic nitrogens is 2. The lowest BCUT2D eigenvalue weighted by molar-refractivity contribution is 0.788. The van der Waals surface area contributed by atoms with Crippen LogP contribution in [0.15, 0.2) is 6.08 Å². The van der Waals surface area contributed by atoms with Crippen molar-refractivity contribution in [1.29, 1.82) is 0 Å². The summed E-state index contributed by atoms with van der Waals surface area (Å²) in [6.45, 7) is 5.42. The highest BCUT2D eigenvalue weighted by atomic mass is 15.2. The fourth-order valence-corrected chi connectivity index (χ4v) is 2.25. The molecule has 0 aromatic carbocycles. The molecule has 0 fully saturated rings. The number of anilines is 1. The topological polar surface area (TPSA) is 29.0 Å². The number of fused-ring (bicyclic) bond motifs is 1. The van der Waals surface area contributed by atoms with E-state index < -0.39 is 0 Å². The predicted octanol–water partition coefficient (Wildman–Crippen LogP) is 2.84. The molecule has 0 saturated heterocycles. The first-order valence-electron chi connectivity index (χ1n) is 6.53. The SMILES string of the molecule is CCCc1nc2c(c(N(C)CCC)n1)CC=C2. The Morgan fingerprint density at radius 2 is 2.06 bits per heavy atom. The van der Waals surface area contributed by atoms with Crippen LogP contribution in [0.3, 0.4) is 0 Å². The van der Waals surface area contributed by atoms with Crippen LogP contribution in [-0.4, -0.2) is 23.6 Å². The molecule has 0 N–H and O–H groups in total. The lowest BCUT2D eigenvalue weighted by Crippen LogP contribution is -2.22. The first-order chi connectivity index (χ1) is 8.26. The lowest BCUT2D eigenvalue weighted by atomic mass is 10.2. The van der Waals surface area contributed by atoms with Crippen LogP contribution in [0.2, 0.25) is 0 Å². The first-order valence-corrected chi connectivity index (χ1v) is 6.53. The normalized spacial score (nSPS) is 12.9. The van der Waals surface area contributed by atoms with Gasteiger partial charge in [-0.3, -0.25) is 0 Å². The van der Waals surface area contributed by atoms with Crippen molar-refractivity contribution in [3.05, 3.63) is 23.2 Å². The highest BCUT2D eigenvalue weighted by molar-refractivity contribution is 5.64. The number of nitrogens with zero attached hydrogens (tertiary/aromatic N) is 3. The summed E-state index contributed by atoms with van der Waals surface area (Å²) >= 11 is 0. The van der Waals surface area contributed by atoms with Gasteiger partial charge < -0.3 is 4.90 Å². The van der Waals surface area contributed by atoms with Crippen LogP contribution in [0.5, 0.6) is 0 Å². The second-order valence-corrected chi connectivity index (χ2v) is 4.61. The third kappa shape index (κ3) is 2.48. The molecule has 0 radical (unpaired) electrons. The van der Waals surface area contributed by atoms with Crippen molar-refractivity contribution in [3.63, 3.8) is 0 Å². The molecular weight excluding hydrogens is 210 g/mol. The molecular formula is C14H21N3. The maximum Gasteiger partial charge on any atom is 0.136 e. The van der Waals surface area contributed by atoms with Crippen LogP contribution in [0.25, 0.3) is 6.08 Å². The molecule has 0 aliphatic heterocycles. The highest BCUT2D eigenvalue weighted by Crippen LogP contribution is 2.26. The van der Waals surface area contributed by atoms with Gasteiger partial charge in [-0.05, 0) is 25.3 Å². The fourth-order valence-electron chi connectivity index (χ4n) is 2.25. The van der Waals surface area contributed by atoms with Gasteiger partial charge in [0.05, 0.1) is 5.69 Å². The summed E-state index contributed by atoms with van der Waals surface area (Å²) in [4.78, 5) is 11.6. The first kappa shape index (κ1) is 12.1. The van der Waals surface area contributed by atoms with Crippen molar-refractivity contribution in [2.45, 2.75) is 39.5 Å². The zero-order valence-corrected chi connectivity index (χ0v) is 11.0. The highest BCUT2D eigenvalue weighted by Gasteiger charge is 2.17. The van der Waals surface area contributed by atoms with Gasteiger partial charge in [0.15, 0.2) is 0 Å². The lowest BCUT2D eigenvalue weighted by Gasteiger charge is -2.21. The van der Waals surface area contributed by atoms with Gasteiger partial charge in [-0.2, -0.15) is 0 Å². The summed E-state index contributed by atoms with van der Waals surface area (Å²) in [7, 11) is 2.13. The predicted molar refractivity (Wildman–Crippen MR) is 72.3 cm³/mol. The second-order valence-electron chi connectivity index (χ2n) is 4.61. The van der Waals surface area contributed by atoms with E-state index in [1.807, 2.05) is 0 Å². The largest absolute Gasteiger partial charge is 0.359 e. The average Bonchev–Trinajstić information content (AvgIpc) is 2.76. The van der Waals surface area contributed by atoms with E-state index in [1.165, 1.54) is 5.56 Å². The molecule has 3 heteroatoms. The molecule has 0 spiro atoms. The van der Waals surface area contributed by atoms with Gasteiger partial charge in [0, 0.05) is 25.6 Å². The van der Waals surface area contributed by atoms with E-state index in [-0.39, 0.29) is 0 Å². The van der Waals surface area contributed by atoms with Crippen molar-refractivity contribution < 1.29 is 0 Å². The molecule has 3 nitrogen and oxygen atoms in total. The number of allylic oxidation sites excluding steroid dienone is 1. The van der Waals surface area contributed by atoms with Crippen LogP contribution in [-0.2, 0) is 12.8 Å². The van der Waals surface area contributed by atoms with Crippen LogP contribution in [0.4, 0.5) is 5.82 Å². The maximum absolute atomic E-state index is 4.73. The minimum Gasteiger partial charge on any atom is -0.359 e. The third-order valence-corrected chi connectivity index (χ3v) is 3.06. The third-order valence-electron chi connectivity index (χ3n) is 3.06. The standard InChI is InChI=1S/C14H21N3/c1-4-7-13-15-12-9-6-8-11(12)14(16-13)17(3)10-5-2/h6,9H,4-5,7-8,10H2,1-3H3. The van der Waals surface area contributed by atoms with E-state index in [4.69, 9.17) is 4.98 Å². The van der Waals surface area contributed by atoms with Gasteiger partial charge >= 0.3 is 0 Å². The van der Waals surface area contributed by atoms with Crippen molar-refractivity contribution in [3.8, 4) is 0 Å². The molecule has 0 atom stereocenters. The quantitative estimate of drug-likeness (QED) is 0.780. The molecule has 1 aromatic rings. The Bertz CT molecular complexity index is 424. The van der Waals surface area contributed by atoms with Gasteiger partial charge in [0.1, 0.15) is 11.6 Å². The molecule has 17 heavy (non-hydrogen) atoms. The van der Waals surface area contributed by atoms with E-state index in [0.29, 0.717) is 0 Å². The van der Waals surface area contributed by atoms with Gasteiger partial charge in [-0.25, -0.2) is 9.97 Å². The summed E-state index contributed by atoms with van der Waals surface area (Å²) in [5.41, 5.74) is 2.42. The molecule has 0 amide bonds. The number of aryl methyl sites for hydroxylation is 1. The zero-order chi connectivity index (χ0) is 12.3. The molecule has 1 aromatic heterocycles. The Balaban J connectivity index is 2.36. The van der Waals surface area contributed by atoms with E-state index in [9.17, 15) is 0 Å². The molecule has 1 aliphatic carbocycles. The minimum absolute atomic E-state index is 0.966. The molecule has 2 rings (SSSR count). The van der Waals surface area contributed by atoms with Crippen molar-refractivity contribution in [1.82, 2.24) is 9.97 Å². The van der Waals surface area contributed by atoms with Crippen molar-refractivity contribution in [2.24, 2.45) is 0 Å². The number of hydrogen-bond donors (Lipinski definition) is 0. The number of rotatable bonds is 5. The van der Waals surface area contributed by atoms with Gasteiger partial charge in [0.25, 0.3) is 0 Å². The Kier molecular flexibility index (Phi) is 3.77. The van der Waals surface area contributed by atoms with E-state index in [2.05, 4.69) is 42.9 Å². The summed E-state index contributed by atoms with van der Waals surface area (Å²) in [5.74, 6) is 2.11. The van der Waals surface area contributed by atoms with Gasteiger partial charge in [-0.1, -0.05) is 19.9 Å². The Labute approximate surface area is 104 Å². The summed E-state index contributed by atoms with van der Waals surface area (Å²) in [6, 6.07) is 0. The summed E-state index contributed by atoms with van der Waals surface area (Å²) in [5, 5.41) is 0. The van der Waals surface area contributed by atoms with E-state index in [0.717, 1.165) is 49.6 Å². The summed E-state index contributed by atoms with van der Waals surface area (Å²) in [6.07, 6.45) is 8.49. The molecule has 1 aliphatic rings. The van der Waals surface area contributed by atoms with Crippen molar-refractivity contribution in [2.75, 3.05) is 18.5 Å². The second kappa shape index (κ2) is 5.30. The van der Waals surface area contributed by atoms with Crippen LogP contribution < -0.4 is 4.90 Å². The van der Waals surface area contributed by atoms with Crippen LogP contribution in [0.1, 0.15) is 43.8 Å². The minimum atomic E-state index is 0.966. The maximum atomic E-state index is 4.73. The Morgan fingerprint density at radius 1 is 1.24 bits per heavy atom. The monoisotopic (exact) mass is 231 g/mol.